The number of benzene rings is 1. The Morgan fingerprint density at radius 1 is 1.29 bits per heavy atom. The molecule has 1 aromatic carbocycles. The molecule has 1 unspecified atom stereocenters. The molecule has 1 aromatic rings. The van der Waals surface area contributed by atoms with Gasteiger partial charge in [-0.05, 0) is 69.3 Å². The molecule has 1 saturated heterocycles. The molecule has 0 aliphatic carbocycles. The van der Waals surface area contributed by atoms with Crippen molar-refractivity contribution in [2.75, 3.05) is 26.7 Å². The minimum Gasteiger partial charge on any atom is -0.301 e. The third-order valence-electron chi connectivity index (χ3n) is 5.32. The molecule has 24 heavy (non-hydrogen) atoms. The molecule has 136 valence electrons. The highest BCUT2D eigenvalue weighted by Gasteiger charge is 2.24. The van der Waals surface area contributed by atoms with E-state index >= 15 is 0 Å². The summed E-state index contributed by atoms with van der Waals surface area (Å²) in [7, 11) is -1.70. The summed E-state index contributed by atoms with van der Waals surface area (Å²) in [5.41, 5.74) is 1.06. The Morgan fingerprint density at radius 3 is 2.58 bits per heavy atom. The van der Waals surface area contributed by atoms with Gasteiger partial charge in [-0.1, -0.05) is 26.0 Å². The second kappa shape index (κ2) is 8.45. The fourth-order valence-electron chi connectivity index (χ4n) is 3.25. The van der Waals surface area contributed by atoms with Crippen molar-refractivity contribution in [3.63, 3.8) is 0 Å². The van der Waals surface area contributed by atoms with Gasteiger partial charge in [0.2, 0.25) is 10.0 Å². The van der Waals surface area contributed by atoms with Crippen molar-refractivity contribution in [3.8, 4) is 0 Å². The Bertz CT molecular complexity index is 622. The number of rotatable bonds is 7. The molecule has 1 heterocycles. The quantitative estimate of drug-likeness (QED) is 0.755. The summed E-state index contributed by atoms with van der Waals surface area (Å²) in [6, 6.07) is 7.72. The lowest BCUT2D eigenvalue weighted by Gasteiger charge is -2.35. The molecule has 2 rings (SSSR count). The highest BCUT2D eigenvalue weighted by Crippen LogP contribution is 2.21. The van der Waals surface area contributed by atoms with Gasteiger partial charge in [0.1, 0.15) is 0 Å². The SMILES string of the molecule is CCc1cccc(S(=O)(=O)N(C)CCC(C)N2CCC(C)CC2)c1. The Balaban J connectivity index is 1.94. The molecular weight excluding hydrogens is 320 g/mol. The van der Waals surface area contributed by atoms with Crippen molar-refractivity contribution in [2.24, 2.45) is 5.92 Å². The van der Waals surface area contributed by atoms with Gasteiger partial charge < -0.3 is 4.90 Å². The summed E-state index contributed by atoms with van der Waals surface area (Å²) >= 11 is 0. The molecular formula is C19H32N2O2S. The van der Waals surface area contributed by atoms with Crippen molar-refractivity contribution in [2.45, 2.75) is 57.4 Å². The maximum Gasteiger partial charge on any atom is 0.242 e. The van der Waals surface area contributed by atoms with E-state index in [2.05, 4.69) is 18.7 Å². The predicted octanol–water partition coefficient (Wildman–Crippen LogP) is 3.38. The standard InChI is InChI=1S/C19H32N2O2S/c1-5-18-7-6-8-19(15-18)24(22,23)20(4)12-11-17(3)21-13-9-16(2)10-14-21/h6-8,15-17H,5,9-14H2,1-4H3. The van der Waals surface area contributed by atoms with Gasteiger partial charge in [0.25, 0.3) is 0 Å². The van der Waals surface area contributed by atoms with Crippen molar-refractivity contribution >= 4 is 10.0 Å². The third kappa shape index (κ3) is 4.80. The summed E-state index contributed by atoms with van der Waals surface area (Å²) in [6.07, 6.45) is 4.22. The van der Waals surface area contributed by atoms with Gasteiger partial charge in [0.05, 0.1) is 4.90 Å². The number of piperidine rings is 1. The van der Waals surface area contributed by atoms with Crippen molar-refractivity contribution in [1.29, 1.82) is 0 Å². The molecule has 5 heteroatoms. The first-order valence-electron chi connectivity index (χ1n) is 9.14. The van der Waals surface area contributed by atoms with E-state index in [1.54, 1.807) is 19.2 Å². The van der Waals surface area contributed by atoms with E-state index in [0.29, 0.717) is 17.5 Å². The molecule has 0 spiro atoms. The molecule has 1 fully saturated rings. The highest BCUT2D eigenvalue weighted by atomic mass is 32.2. The van der Waals surface area contributed by atoms with E-state index < -0.39 is 10.0 Å². The van der Waals surface area contributed by atoms with E-state index in [0.717, 1.165) is 37.4 Å². The lowest BCUT2D eigenvalue weighted by molar-refractivity contribution is 0.138. The van der Waals surface area contributed by atoms with Crippen molar-refractivity contribution in [3.05, 3.63) is 29.8 Å². The van der Waals surface area contributed by atoms with Crippen LogP contribution in [0.15, 0.2) is 29.2 Å². The van der Waals surface area contributed by atoms with E-state index in [4.69, 9.17) is 0 Å². The first kappa shape index (κ1) is 19.4. The Morgan fingerprint density at radius 2 is 1.96 bits per heavy atom. The van der Waals surface area contributed by atoms with Crippen LogP contribution in [0.4, 0.5) is 0 Å². The van der Waals surface area contributed by atoms with E-state index in [9.17, 15) is 8.42 Å². The monoisotopic (exact) mass is 352 g/mol. The van der Waals surface area contributed by atoms with Crippen LogP contribution in [0, 0.1) is 5.92 Å². The van der Waals surface area contributed by atoms with Crippen LogP contribution in [0.2, 0.25) is 0 Å². The fraction of sp³-hybridized carbons (Fsp3) is 0.684. The number of sulfonamides is 1. The van der Waals surface area contributed by atoms with E-state index in [-0.39, 0.29) is 0 Å². The molecule has 0 aromatic heterocycles. The smallest absolute Gasteiger partial charge is 0.242 e. The first-order valence-corrected chi connectivity index (χ1v) is 10.6. The van der Waals surface area contributed by atoms with Crippen LogP contribution in [-0.4, -0.2) is 50.3 Å². The van der Waals surface area contributed by atoms with Crippen LogP contribution in [0.3, 0.4) is 0 Å². The number of nitrogens with zero attached hydrogens (tertiary/aromatic N) is 2. The van der Waals surface area contributed by atoms with Gasteiger partial charge >= 0.3 is 0 Å². The number of likely N-dealkylation sites (tertiary alicyclic amines) is 1. The van der Waals surface area contributed by atoms with Crippen LogP contribution in [-0.2, 0) is 16.4 Å². The van der Waals surface area contributed by atoms with Crippen LogP contribution >= 0.6 is 0 Å². The minimum absolute atomic E-state index is 0.406. The van der Waals surface area contributed by atoms with Gasteiger partial charge in [-0.25, -0.2) is 12.7 Å². The predicted molar refractivity (Wildman–Crippen MR) is 99.7 cm³/mol. The van der Waals surface area contributed by atoms with E-state index in [1.165, 1.54) is 17.1 Å². The molecule has 1 atom stereocenters. The zero-order valence-corrected chi connectivity index (χ0v) is 16.3. The molecule has 0 N–H and O–H groups in total. The summed E-state index contributed by atoms with van der Waals surface area (Å²) in [4.78, 5) is 2.90. The number of hydrogen-bond acceptors (Lipinski definition) is 3. The zero-order valence-electron chi connectivity index (χ0n) is 15.5. The van der Waals surface area contributed by atoms with Crippen LogP contribution in [0.25, 0.3) is 0 Å². The maximum atomic E-state index is 12.7. The van der Waals surface area contributed by atoms with Crippen LogP contribution < -0.4 is 0 Å². The molecule has 1 aliphatic rings. The minimum atomic E-state index is -3.39. The van der Waals surface area contributed by atoms with Crippen molar-refractivity contribution < 1.29 is 8.42 Å². The topological polar surface area (TPSA) is 40.6 Å². The average Bonchev–Trinajstić information content (AvgIpc) is 2.59. The summed E-state index contributed by atoms with van der Waals surface area (Å²) in [5.74, 6) is 0.822. The van der Waals surface area contributed by atoms with Gasteiger partial charge in [0.15, 0.2) is 0 Å². The average molecular weight is 353 g/mol. The maximum absolute atomic E-state index is 12.7. The molecule has 0 saturated carbocycles. The fourth-order valence-corrected chi connectivity index (χ4v) is 4.50. The van der Waals surface area contributed by atoms with Crippen molar-refractivity contribution in [1.82, 2.24) is 9.21 Å². The molecule has 0 bridgehead atoms. The lowest BCUT2D eigenvalue weighted by Crippen LogP contribution is -2.41. The Labute approximate surface area is 147 Å². The van der Waals surface area contributed by atoms with Gasteiger partial charge in [-0.2, -0.15) is 0 Å². The van der Waals surface area contributed by atoms with E-state index in [1.807, 2.05) is 19.1 Å². The Hall–Kier alpha value is -0.910. The summed E-state index contributed by atoms with van der Waals surface area (Å²) in [5, 5.41) is 0. The molecule has 4 nitrogen and oxygen atoms in total. The van der Waals surface area contributed by atoms with Gasteiger partial charge in [-0.15, -0.1) is 0 Å². The second-order valence-electron chi connectivity index (χ2n) is 7.18. The summed E-state index contributed by atoms with van der Waals surface area (Å²) in [6.45, 7) is 9.40. The zero-order chi connectivity index (χ0) is 17.7. The lowest BCUT2D eigenvalue weighted by atomic mass is 9.97. The third-order valence-corrected chi connectivity index (χ3v) is 7.17. The van der Waals surface area contributed by atoms with Crippen LogP contribution in [0.1, 0.15) is 45.6 Å². The molecule has 1 aliphatic heterocycles. The molecule has 0 radical (unpaired) electrons. The summed E-state index contributed by atoms with van der Waals surface area (Å²) < 4.78 is 27.0. The largest absolute Gasteiger partial charge is 0.301 e. The van der Waals surface area contributed by atoms with Gasteiger partial charge in [0, 0.05) is 19.6 Å². The van der Waals surface area contributed by atoms with Crippen LogP contribution in [0.5, 0.6) is 0 Å². The number of aryl methyl sites for hydroxylation is 1. The normalized spacial score (nSPS) is 18.9. The molecule has 0 amide bonds. The Kier molecular flexibility index (Phi) is 6.84. The number of hydrogen-bond donors (Lipinski definition) is 0. The first-order chi connectivity index (χ1) is 11.3. The van der Waals surface area contributed by atoms with Gasteiger partial charge in [-0.3, -0.25) is 0 Å². The highest BCUT2D eigenvalue weighted by molar-refractivity contribution is 7.89. The second-order valence-corrected chi connectivity index (χ2v) is 9.23.